The summed E-state index contributed by atoms with van der Waals surface area (Å²) in [4.78, 5) is 11.4. The van der Waals surface area contributed by atoms with Gasteiger partial charge in [0, 0.05) is 16.0 Å². The van der Waals surface area contributed by atoms with E-state index in [1.807, 2.05) is 6.07 Å². The van der Waals surface area contributed by atoms with E-state index in [0.29, 0.717) is 5.56 Å². The van der Waals surface area contributed by atoms with Gasteiger partial charge in [0.15, 0.2) is 5.25 Å². The summed E-state index contributed by atoms with van der Waals surface area (Å²) in [6, 6.07) is 8.93. The number of carboxylic acids is 1. The van der Waals surface area contributed by atoms with Gasteiger partial charge in [-0.05, 0) is 18.4 Å². The summed E-state index contributed by atoms with van der Waals surface area (Å²) in [6.07, 6.45) is 5.10. The SMILES string of the molecule is O=C(O)C(c1ccccc1)S(=O)C1CCCCC1. The van der Waals surface area contributed by atoms with E-state index in [2.05, 4.69) is 0 Å². The maximum absolute atomic E-state index is 12.5. The van der Waals surface area contributed by atoms with Crippen LogP contribution < -0.4 is 0 Å². The lowest BCUT2D eigenvalue weighted by Gasteiger charge is -2.24. The monoisotopic (exact) mass is 266 g/mol. The van der Waals surface area contributed by atoms with E-state index in [-0.39, 0.29) is 5.25 Å². The van der Waals surface area contributed by atoms with Crippen LogP contribution in [0.3, 0.4) is 0 Å². The first kappa shape index (κ1) is 13.3. The number of hydrogen-bond donors (Lipinski definition) is 1. The van der Waals surface area contributed by atoms with Crippen molar-refractivity contribution in [1.29, 1.82) is 0 Å². The Balaban J connectivity index is 2.20. The highest BCUT2D eigenvalue weighted by atomic mass is 32.2. The second-order valence-electron chi connectivity index (χ2n) is 4.72. The van der Waals surface area contributed by atoms with Crippen LogP contribution >= 0.6 is 0 Å². The molecule has 0 aromatic heterocycles. The quantitative estimate of drug-likeness (QED) is 0.911. The molecule has 0 aliphatic heterocycles. The Kier molecular flexibility index (Phi) is 4.53. The fraction of sp³-hybridized carbons (Fsp3) is 0.500. The van der Waals surface area contributed by atoms with Gasteiger partial charge in [-0.25, -0.2) is 0 Å². The molecule has 1 N–H and O–H groups in total. The minimum Gasteiger partial charge on any atom is -0.480 e. The van der Waals surface area contributed by atoms with E-state index in [1.54, 1.807) is 24.3 Å². The molecular formula is C14H18O3S. The van der Waals surface area contributed by atoms with E-state index in [1.165, 1.54) is 6.42 Å². The van der Waals surface area contributed by atoms with Gasteiger partial charge in [0.25, 0.3) is 0 Å². The average Bonchev–Trinajstić information content (AvgIpc) is 2.40. The van der Waals surface area contributed by atoms with Crippen molar-refractivity contribution in [3.8, 4) is 0 Å². The van der Waals surface area contributed by atoms with Gasteiger partial charge in [0.05, 0.1) is 0 Å². The van der Waals surface area contributed by atoms with Gasteiger partial charge in [-0.1, -0.05) is 49.6 Å². The molecule has 3 nitrogen and oxygen atoms in total. The zero-order chi connectivity index (χ0) is 13.0. The van der Waals surface area contributed by atoms with Crippen molar-refractivity contribution in [2.75, 3.05) is 0 Å². The lowest BCUT2D eigenvalue weighted by Crippen LogP contribution is -2.27. The fourth-order valence-electron chi connectivity index (χ4n) is 2.49. The molecule has 0 spiro atoms. The molecule has 0 saturated heterocycles. The fourth-order valence-corrected chi connectivity index (χ4v) is 4.30. The Labute approximate surface area is 110 Å². The number of carbonyl (C=O) groups is 1. The lowest BCUT2D eigenvalue weighted by atomic mass is 10.0. The van der Waals surface area contributed by atoms with Gasteiger partial charge in [0.1, 0.15) is 0 Å². The van der Waals surface area contributed by atoms with Crippen LogP contribution in [0.2, 0.25) is 0 Å². The van der Waals surface area contributed by atoms with E-state index >= 15 is 0 Å². The van der Waals surface area contributed by atoms with Gasteiger partial charge >= 0.3 is 5.97 Å². The Bertz CT molecular complexity index is 424. The molecule has 2 rings (SSSR count). The van der Waals surface area contributed by atoms with Crippen LogP contribution in [0.4, 0.5) is 0 Å². The first-order valence-electron chi connectivity index (χ1n) is 6.37. The van der Waals surface area contributed by atoms with Crippen molar-refractivity contribution < 1.29 is 14.1 Å². The van der Waals surface area contributed by atoms with Crippen LogP contribution in [0.15, 0.2) is 30.3 Å². The second-order valence-corrected chi connectivity index (χ2v) is 6.51. The summed E-state index contributed by atoms with van der Waals surface area (Å²) >= 11 is 0. The summed E-state index contributed by atoms with van der Waals surface area (Å²) in [7, 11) is -1.32. The van der Waals surface area contributed by atoms with Gasteiger partial charge in [-0.3, -0.25) is 9.00 Å². The third-order valence-corrected chi connectivity index (χ3v) is 5.51. The molecule has 1 fully saturated rings. The predicted octanol–water partition coefficient (Wildman–Crippen LogP) is 2.89. The lowest BCUT2D eigenvalue weighted by molar-refractivity contribution is -0.136. The van der Waals surface area contributed by atoms with Crippen molar-refractivity contribution in [3.63, 3.8) is 0 Å². The normalized spacial score (nSPS) is 20.2. The number of aliphatic carboxylic acids is 1. The molecule has 0 heterocycles. The maximum Gasteiger partial charge on any atom is 0.323 e. The van der Waals surface area contributed by atoms with Crippen molar-refractivity contribution in [1.82, 2.24) is 0 Å². The van der Waals surface area contributed by atoms with Gasteiger partial charge in [-0.2, -0.15) is 0 Å². The van der Waals surface area contributed by atoms with Crippen LogP contribution in [0.1, 0.15) is 42.9 Å². The molecule has 1 aromatic rings. The second kappa shape index (κ2) is 6.14. The molecule has 1 aromatic carbocycles. The van der Waals surface area contributed by atoms with Crippen LogP contribution in [-0.2, 0) is 15.6 Å². The topological polar surface area (TPSA) is 54.4 Å². The van der Waals surface area contributed by atoms with Gasteiger partial charge in [0.2, 0.25) is 0 Å². The third-order valence-electron chi connectivity index (χ3n) is 3.44. The minimum atomic E-state index is -1.32. The van der Waals surface area contributed by atoms with E-state index in [4.69, 9.17) is 0 Å². The number of benzene rings is 1. The van der Waals surface area contributed by atoms with Crippen molar-refractivity contribution in [3.05, 3.63) is 35.9 Å². The summed E-state index contributed by atoms with van der Waals surface area (Å²) in [6.45, 7) is 0. The summed E-state index contributed by atoms with van der Waals surface area (Å²) < 4.78 is 12.5. The van der Waals surface area contributed by atoms with E-state index in [9.17, 15) is 14.1 Å². The summed E-state index contributed by atoms with van der Waals surface area (Å²) in [5, 5.41) is 8.50. The molecule has 1 saturated carbocycles. The zero-order valence-electron chi connectivity index (χ0n) is 10.2. The first-order valence-corrected chi connectivity index (χ1v) is 7.65. The molecule has 0 bridgehead atoms. The molecule has 1 aliphatic carbocycles. The Morgan fingerprint density at radius 1 is 1.17 bits per heavy atom. The molecule has 18 heavy (non-hydrogen) atoms. The van der Waals surface area contributed by atoms with Crippen molar-refractivity contribution >= 4 is 16.8 Å². The Hall–Kier alpha value is -1.16. The average molecular weight is 266 g/mol. The summed E-state index contributed by atoms with van der Waals surface area (Å²) in [5.41, 5.74) is 0.647. The molecule has 98 valence electrons. The highest BCUT2D eigenvalue weighted by Crippen LogP contribution is 2.30. The van der Waals surface area contributed by atoms with Gasteiger partial charge < -0.3 is 5.11 Å². The molecule has 2 unspecified atom stereocenters. The molecule has 0 amide bonds. The predicted molar refractivity (Wildman–Crippen MR) is 71.8 cm³/mol. The Morgan fingerprint density at radius 3 is 2.33 bits per heavy atom. The molecule has 4 heteroatoms. The minimum absolute atomic E-state index is 0.0417. The van der Waals surface area contributed by atoms with Crippen LogP contribution in [0.5, 0.6) is 0 Å². The van der Waals surface area contributed by atoms with Crippen LogP contribution in [0, 0.1) is 0 Å². The highest BCUT2D eigenvalue weighted by molar-refractivity contribution is 7.86. The standard InChI is InChI=1S/C14H18O3S/c15-14(16)13(11-7-3-1-4-8-11)18(17)12-9-5-2-6-10-12/h1,3-4,7-8,12-13H,2,5-6,9-10H2,(H,15,16). The smallest absolute Gasteiger partial charge is 0.323 e. The molecule has 1 aliphatic rings. The van der Waals surface area contributed by atoms with Crippen LogP contribution in [-0.4, -0.2) is 20.5 Å². The molecular weight excluding hydrogens is 248 g/mol. The van der Waals surface area contributed by atoms with E-state index in [0.717, 1.165) is 25.7 Å². The van der Waals surface area contributed by atoms with Gasteiger partial charge in [-0.15, -0.1) is 0 Å². The number of hydrogen-bond acceptors (Lipinski definition) is 2. The summed E-state index contributed by atoms with van der Waals surface area (Å²) in [5.74, 6) is -0.981. The molecule has 2 atom stereocenters. The first-order chi connectivity index (χ1) is 8.70. The van der Waals surface area contributed by atoms with Crippen molar-refractivity contribution in [2.45, 2.75) is 42.6 Å². The molecule has 0 radical (unpaired) electrons. The highest BCUT2D eigenvalue weighted by Gasteiger charge is 2.32. The van der Waals surface area contributed by atoms with Crippen molar-refractivity contribution in [2.24, 2.45) is 0 Å². The zero-order valence-corrected chi connectivity index (χ0v) is 11.1. The Morgan fingerprint density at radius 2 is 1.78 bits per heavy atom. The number of carboxylic acid groups (broad SMARTS) is 1. The van der Waals surface area contributed by atoms with E-state index < -0.39 is 22.0 Å². The third kappa shape index (κ3) is 2.99. The number of rotatable bonds is 4. The van der Waals surface area contributed by atoms with Crippen LogP contribution in [0.25, 0.3) is 0 Å². The largest absolute Gasteiger partial charge is 0.480 e. The maximum atomic E-state index is 12.5.